The predicted octanol–water partition coefficient (Wildman–Crippen LogP) is 2.15. The van der Waals surface area contributed by atoms with Crippen molar-refractivity contribution in [2.24, 2.45) is 5.73 Å². The molecule has 1 aromatic rings. The number of hydrogen-bond acceptors (Lipinski definition) is 4. The minimum Gasteiger partial charge on any atom is -0.465 e. The highest BCUT2D eigenvalue weighted by Gasteiger charge is 2.43. The Morgan fingerprint density at radius 2 is 2.38 bits per heavy atom. The number of esters is 1. The van der Waals surface area contributed by atoms with Crippen molar-refractivity contribution in [3.63, 3.8) is 0 Å². The summed E-state index contributed by atoms with van der Waals surface area (Å²) in [6, 6.07) is 6.02. The molecule has 2 atom stereocenters. The second kappa shape index (κ2) is 7.00. The van der Waals surface area contributed by atoms with E-state index in [9.17, 15) is 9.18 Å². The van der Waals surface area contributed by atoms with Gasteiger partial charge in [-0.2, -0.15) is 0 Å². The van der Waals surface area contributed by atoms with Crippen molar-refractivity contribution in [1.82, 2.24) is 0 Å². The quantitative estimate of drug-likeness (QED) is 0.817. The standard InChI is InChI=1S/C16H22FNO3/c1-2-20-15(19)16(11-18,10-14-7-4-8-21-14)12-5-3-6-13(17)9-12/h3,5-6,9,14H,2,4,7-8,10-11,18H2,1H3. The number of halogens is 1. The van der Waals surface area contributed by atoms with Crippen LogP contribution < -0.4 is 5.73 Å². The molecule has 2 rings (SSSR count). The van der Waals surface area contributed by atoms with Crippen molar-refractivity contribution in [3.05, 3.63) is 35.6 Å². The molecule has 116 valence electrons. The number of carbonyl (C=O) groups is 1. The lowest BCUT2D eigenvalue weighted by molar-refractivity contribution is -0.151. The largest absolute Gasteiger partial charge is 0.465 e. The van der Waals surface area contributed by atoms with Crippen LogP contribution in [0.5, 0.6) is 0 Å². The minimum absolute atomic E-state index is 0.0405. The molecular formula is C16H22FNO3. The molecule has 0 spiro atoms. The molecule has 1 saturated heterocycles. The summed E-state index contributed by atoms with van der Waals surface area (Å²) in [7, 11) is 0. The molecule has 1 fully saturated rings. The fourth-order valence-corrected chi connectivity index (χ4v) is 2.85. The van der Waals surface area contributed by atoms with Gasteiger partial charge in [0, 0.05) is 13.2 Å². The number of hydrogen-bond donors (Lipinski definition) is 1. The SMILES string of the molecule is CCOC(=O)C(CN)(CC1CCCO1)c1cccc(F)c1. The molecule has 5 heteroatoms. The van der Waals surface area contributed by atoms with Gasteiger partial charge in [-0.25, -0.2) is 4.39 Å². The van der Waals surface area contributed by atoms with Crippen molar-refractivity contribution in [3.8, 4) is 0 Å². The first kappa shape index (κ1) is 15.9. The Morgan fingerprint density at radius 3 is 2.95 bits per heavy atom. The molecule has 2 N–H and O–H groups in total. The van der Waals surface area contributed by atoms with Gasteiger partial charge in [0.15, 0.2) is 0 Å². The van der Waals surface area contributed by atoms with E-state index in [1.165, 1.54) is 12.1 Å². The lowest BCUT2D eigenvalue weighted by Crippen LogP contribution is -2.46. The Bertz CT molecular complexity index is 488. The molecule has 0 amide bonds. The van der Waals surface area contributed by atoms with Crippen LogP contribution in [-0.2, 0) is 19.7 Å². The first-order valence-electron chi connectivity index (χ1n) is 7.37. The summed E-state index contributed by atoms with van der Waals surface area (Å²) in [6.07, 6.45) is 2.24. The van der Waals surface area contributed by atoms with Crippen molar-refractivity contribution >= 4 is 5.97 Å². The van der Waals surface area contributed by atoms with Gasteiger partial charge in [0.25, 0.3) is 0 Å². The van der Waals surface area contributed by atoms with Gasteiger partial charge < -0.3 is 15.2 Å². The lowest BCUT2D eigenvalue weighted by atomic mass is 9.75. The molecule has 1 aliphatic heterocycles. The highest BCUT2D eigenvalue weighted by molar-refractivity contribution is 5.83. The molecule has 2 unspecified atom stereocenters. The summed E-state index contributed by atoms with van der Waals surface area (Å²) in [5.74, 6) is -0.796. The van der Waals surface area contributed by atoms with Crippen LogP contribution in [0.4, 0.5) is 4.39 Å². The molecule has 21 heavy (non-hydrogen) atoms. The lowest BCUT2D eigenvalue weighted by Gasteiger charge is -2.32. The highest BCUT2D eigenvalue weighted by Crippen LogP contribution is 2.34. The summed E-state index contributed by atoms with van der Waals surface area (Å²) < 4.78 is 24.4. The van der Waals surface area contributed by atoms with E-state index >= 15 is 0 Å². The van der Waals surface area contributed by atoms with E-state index < -0.39 is 11.4 Å². The first-order chi connectivity index (χ1) is 10.1. The van der Waals surface area contributed by atoms with Gasteiger partial charge in [-0.15, -0.1) is 0 Å². The molecule has 0 aromatic heterocycles. The van der Waals surface area contributed by atoms with E-state index in [-0.39, 0.29) is 25.1 Å². The van der Waals surface area contributed by atoms with E-state index in [0.29, 0.717) is 18.6 Å². The van der Waals surface area contributed by atoms with Crippen LogP contribution >= 0.6 is 0 Å². The third-order valence-corrected chi connectivity index (χ3v) is 3.99. The average Bonchev–Trinajstić information content (AvgIpc) is 2.98. The van der Waals surface area contributed by atoms with Crippen LogP contribution in [0.25, 0.3) is 0 Å². The minimum atomic E-state index is -1.05. The third-order valence-electron chi connectivity index (χ3n) is 3.99. The third kappa shape index (κ3) is 3.41. The van der Waals surface area contributed by atoms with Crippen molar-refractivity contribution in [2.45, 2.75) is 37.7 Å². The van der Waals surface area contributed by atoms with Crippen LogP contribution in [-0.4, -0.2) is 31.8 Å². The van der Waals surface area contributed by atoms with E-state index in [4.69, 9.17) is 15.2 Å². The molecule has 4 nitrogen and oxygen atoms in total. The second-order valence-corrected chi connectivity index (χ2v) is 5.36. The topological polar surface area (TPSA) is 61.5 Å². The van der Waals surface area contributed by atoms with E-state index in [1.807, 2.05) is 0 Å². The molecule has 1 aliphatic rings. The zero-order valence-electron chi connectivity index (χ0n) is 12.3. The van der Waals surface area contributed by atoms with Gasteiger partial charge in [-0.3, -0.25) is 4.79 Å². The van der Waals surface area contributed by atoms with Gasteiger partial charge in [-0.05, 0) is 43.9 Å². The molecule has 1 aromatic carbocycles. The second-order valence-electron chi connectivity index (χ2n) is 5.36. The number of rotatable bonds is 6. The van der Waals surface area contributed by atoms with Crippen molar-refractivity contribution in [2.75, 3.05) is 19.8 Å². The Morgan fingerprint density at radius 1 is 1.57 bits per heavy atom. The van der Waals surface area contributed by atoms with E-state index in [0.717, 1.165) is 12.8 Å². The molecular weight excluding hydrogens is 273 g/mol. The zero-order valence-corrected chi connectivity index (χ0v) is 12.3. The molecule has 0 radical (unpaired) electrons. The predicted molar refractivity (Wildman–Crippen MR) is 77.4 cm³/mol. The van der Waals surface area contributed by atoms with Crippen LogP contribution in [0.1, 0.15) is 31.7 Å². The van der Waals surface area contributed by atoms with Gasteiger partial charge in [-0.1, -0.05) is 12.1 Å². The number of ether oxygens (including phenoxy) is 2. The van der Waals surface area contributed by atoms with Crippen LogP contribution in [0.15, 0.2) is 24.3 Å². The fourth-order valence-electron chi connectivity index (χ4n) is 2.85. The molecule has 0 aliphatic carbocycles. The molecule has 0 saturated carbocycles. The normalized spacial score (nSPS) is 21.0. The summed E-state index contributed by atoms with van der Waals surface area (Å²) in [6.45, 7) is 2.77. The van der Waals surface area contributed by atoms with Crippen molar-refractivity contribution < 1.29 is 18.7 Å². The summed E-state index contributed by atoms with van der Waals surface area (Å²) in [5.41, 5.74) is 5.43. The average molecular weight is 295 g/mol. The Kier molecular flexibility index (Phi) is 5.31. The summed E-state index contributed by atoms with van der Waals surface area (Å²) in [5, 5.41) is 0. The highest BCUT2D eigenvalue weighted by atomic mass is 19.1. The van der Waals surface area contributed by atoms with E-state index in [2.05, 4.69) is 0 Å². The Balaban J connectivity index is 2.37. The van der Waals surface area contributed by atoms with E-state index in [1.54, 1.807) is 19.1 Å². The van der Waals surface area contributed by atoms with Crippen LogP contribution in [0.2, 0.25) is 0 Å². The maximum Gasteiger partial charge on any atom is 0.317 e. The van der Waals surface area contributed by atoms with Crippen molar-refractivity contribution in [1.29, 1.82) is 0 Å². The zero-order chi connectivity index (χ0) is 15.3. The Hall–Kier alpha value is -1.46. The van der Waals surface area contributed by atoms with Crippen LogP contribution in [0.3, 0.4) is 0 Å². The van der Waals surface area contributed by atoms with Crippen LogP contribution in [0, 0.1) is 5.82 Å². The summed E-state index contributed by atoms with van der Waals surface area (Å²) in [4.78, 5) is 12.5. The smallest absolute Gasteiger partial charge is 0.317 e. The molecule has 0 bridgehead atoms. The Labute approximate surface area is 124 Å². The van der Waals surface area contributed by atoms with Gasteiger partial charge in [0.1, 0.15) is 11.2 Å². The van der Waals surface area contributed by atoms with Gasteiger partial charge in [0.2, 0.25) is 0 Å². The first-order valence-corrected chi connectivity index (χ1v) is 7.37. The monoisotopic (exact) mass is 295 g/mol. The maximum atomic E-state index is 13.6. The number of nitrogens with two attached hydrogens (primary N) is 1. The van der Waals surface area contributed by atoms with Gasteiger partial charge >= 0.3 is 5.97 Å². The van der Waals surface area contributed by atoms with Gasteiger partial charge in [0.05, 0.1) is 12.7 Å². The fraction of sp³-hybridized carbons (Fsp3) is 0.562. The molecule has 1 heterocycles. The number of benzene rings is 1. The maximum absolute atomic E-state index is 13.6. The summed E-state index contributed by atoms with van der Waals surface area (Å²) >= 11 is 0. The number of carbonyl (C=O) groups excluding carboxylic acids is 1.